The Hall–Kier alpha value is -0.980. The van der Waals surface area contributed by atoms with Gasteiger partial charge in [0.1, 0.15) is 16.9 Å². The summed E-state index contributed by atoms with van der Waals surface area (Å²) in [6.07, 6.45) is 2.63. The largest absolute Gasteiger partial charge is 0.460 e. The van der Waals surface area contributed by atoms with Crippen LogP contribution >= 0.6 is 39.1 Å². The topological polar surface area (TPSA) is 26.3 Å². The molecule has 26 heavy (non-hydrogen) atoms. The molecule has 0 bridgehead atoms. The maximum Gasteiger partial charge on any atom is 0.310 e. The standard InChI is InChI=1S/C18H16BrCl2F3O2/c1-4-5-8-14(22)13(19)9(16(24)15(8)23)7-26-17(25)12-10(6-11(20)21)18(12,2)3/h4,6,10,12H,1,5,7H2,2-3H3/t10-,12+/m1/s1. The summed E-state index contributed by atoms with van der Waals surface area (Å²) in [7, 11) is 0. The zero-order valence-corrected chi connectivity index (χ0v) is 17.1. The summed E-state index contributed by atoms with van der Waals surface area (Å²) in [5.74, 6) is -4.90. The molecule has 8 heteroatoms. The number of carbonyl (C=O) groups excluding carboxylic acids is 1. The minimum Gasteiger partial charge on any atom is -0.460 e. The summed E-state index contributed by atoms with van der Waals surface area (Å²) < 4.78 is 47.4. The number of rotatable bonds is 6. The van der Waals surface area contributed by atoms with E-state index in [0.29, 0.717) is 0 Å². The summed E-state index contributed by atoms with van der Waals surface area (Å²) in [6.45, 7) is 6.44. The molecule has 2 nitrogen and oxygen atoms in total. The zero-order valence-electron chi connectivity index (χ0n) is 14.0. The molecule has 1 aromatic carbocycles. The first-order valence-electron chi connectivity index (χ1n) is 7.68. The van der Waals surface area contributed by atoms with E-state index in [-0.39, 0.29) is 21.3 Å². The lowest BCUT2D eigenvalue weighted by molar-refractivity contribution is -0.147. The molecular formula is C18H16BrCl2F3O2. The number of esters is 1. The minimum absolute atomic E-state index is 0.0362. The maximum atomic E-state index is 14.3. The zero-order chi connectivity index (χ0) is 19.8. The molecule has 0 heterocycles. The van der Waals surface area contributed by atoms with Crippen LogP contribution in [0.1, 0.15) is 25.0 Å². The van der Waals surface area contributed by atoms with Crippen molar-refractivity contribution in [2.24, 2.45) is 17.3 Å². The lowest BCUT2D eigenvalue weighted by Gasteiger charge is -2.13. The van der Waals surface area contributed by atoms with Crippen molar-refractivity contribution in [1.29, 1.82) is 0 Å². The van der Waals surface area contributed by atoms with Crippen molar-refractivity contribution in [3.63, 3.8) is 0 Å². The van der Waals surface area contributed by atoms with Gasteiger partial charge in [0.25, 0.3) is 0 Å². The minimum atomic E-state index is -1.32. The Morgan fingerprint density at radius 3 is 2.35 bits per heavy atom. The maximum absolute atomic E-state index is 14.3. The van der Waals surface area contributed by atoms with Gasteiger partial charge in [0.2, 0.25) is 0 Å². The molecular weight excluding hydrogens is 456 g/mol. The molecule has 1 fully saturated rings. The van der Waals surface area contributed by atoms with Gasteiger partial charge in [-0.1, -0.05) is 43.1 Å². The van der Waals surface area contributed by atoms with Gasteiger partial charge in [-0.25, -0.2) is 13.2 Å². The van der Waals surface area contributed by atoms with Gasteiger partial charge in [-0.2, -0.15) is 0 Å². The van der Waals surface area contributed by atoms with Gasteiger partial charge in [0, 0.05) is 11.1 Å². The van der Waals surface area contributed by atoms with E-state index in [2.05, 4.69) is 22.5 Å². The third-order valence-corrected chi connectivity index (χ3v) is 5.70. The fraction of sp³-hybridized carbons (Fsp3) is 0.389. The average molecular weight is 472 g/mol. The quantitative estimate of drug-likeness (QED) is 0.279. The Bertz CT molecular complexity index is 760. The number of carbonyl (C=O) groups is 1. The number of halogens is 6. The van der Waals surface area contributed by atoms with Crippen molar-refractivity contribution >= 4 is 45.1 Å². The highest BCUT2D eigenvalue weighted by Gasteiger charge is 2.61. The van der Waals surface area contributed by atoms with Crippen LogP contribution in [0.2, 0.25) is 0 Å². The second-order valence-corrected chi connectivity index (χ2v) is 8.40. The summed E-state index contributed by atoms with van der Waals surface area (Å²) in [5, 5.41) is 0. The smallest absolute Gasteiger partial charge is 0.310 e. The van der Waals surface area contributed by atoms with Gasteiger partial charge in [0.05, 0.1) is 10.4 Å². The average Bonchev–Trinajstić information content (AvgIpc) is 3.09. The predicted octanol–water partition coefficient (Wildman–Crippen LogP) is 6.23. The van der Waals surface area contributed by atoms with E-state index in [1.165, 1.54) is 12.2 Å². The van der Waals surface area contributed by atoms with Crippen molar-refractivity contribution < 1.29 is 22.7 Å². The van der Waals surface area contributed by atoms with Crippen LogP contribution in [0.5, 0.6) is 0 Å². The van der Waals surface area contributed by atoms with Gasteiger partial charge in [-0.05, 0) is 39.8 Å². The monoisotopic (exact) mass is 470 g/mol. The Balaban J connectivity index is 2.19. The summed E-state index contributed by atoms with van der Waals surface area (Å²) >= 11 is 14.2. The molecule has 1 saturated carbocycles. The van der Waals surface area contributed by atoms with Gasteiger partial charge < -0.3 is 4.74 Å². The molecule has 1 aliphatic rings. The Morgan fingerprint density at radius 2 is 1.81 bits per heavy atom. The molecule has 0 amide bonds. The molecule has 0 N–H and O–H groups in total. The van der Waals surface area contributed by atoms with Crippen molar-refractivity contribution in [2.45, 2.75) is 26.9 Å². The molecule has 0 aromatic heterocycles. The molecule has 0 spiro atoms. The van der Waals surface area contributed by atoms with E-state index < -0.39 is 52.5 Å². The number of benzene rings is 1. The molecule has 0 saturated heterocycles. The second-order valence-electron chi connectivity index (χ2n) is 6.59. The van der Waals surface area contributed by atoms with E-state index in [0.717, 1.165) is 0 Å². The van der Waals surface area contributed by atoms with Crippen LogP contribution in [0.3, 0.4) is 0 Å². The van der Waals surface area contributed by atoms with Gasteiger partial charge >= 0.3 is 5.97 Å². The highest BCUT2D eigenvalue weighted by molar-refractivity contribution is 9.10. The van der Waals surface area contributed by atoms with E-state index in [1.807, 2.05) is 13.8 Å². The molecule has 142 valence electrons. The van der Waals surface area contributed by atoms with Crippen LogP contribution in [0, 0.1) is 34.7 Å². The normalized spacial score (nSPS) is 20.5. The highest BCUT2D eigenvalue weighted by atomic mass is 79.9. The number of hydrogen-bond donors (Lipinski definition) is 0. The molecule has 0 unspecified atom stereocenters. The Labute approximate surface area is 168 Å². The van der Waals surface area contributed by atoms with Crippen LogP contribution in [-0.4, -0.2) is 5.97 Å². The lowest BCUT2D eigenvalue weighted by Crippen LogP contribution is -2.13. The molecule has 2 atom stereocenters. The van der Waals surface area contributed by atoms with Gasteiger partial charge in [-0.3, -0.25) is 4.79 Å². The van der Waals surface area contributed by atoms with Gasteiger partial charge in [0.15, 0.2) is 11.6 Å². The molecule has 0 aliphatic heterocycles. The molecule has 1 aromatic rings. The van der Waals surface area contributed by atoms with Crippen molar-refractivity contribution in [3.8, 4) is 0 Å². The number of hydrogen-bond acceptors (Lipinski definition) is 2. The Kier molecular flexibility index (Phi) is 6.52. The van der Waals surface area contributed by atoms with Crippen LogP contribution in [0.15, 0.2) is 27.7 Å². The van der Waals surface area contributed by atoms with Crippen molar-refractivity contribution in [3.05, 3.63) is 56.3 Å². The first-order valence-corrected chi connectivity index (χ1v) is 9.22. The fourth-order valence-electron chi connectivity index (χ4n) is 2.98. The lowest BCUT2D eigenvalue weighted by atomic mass is 10.1. The number of allylic oxidation sites excluding steroid dienone is 2. The van der Waals surface area contributed by atoms with Crippen LogP contribution < -0.4 is 0 Å². The first kappa shape index (κ1) is 21.3. The summed E-state index contributed by atoms with van der Waals surface area (Å²) in [4.78, 5) is 12.3. The van der Waals surface area contributed by atoms with Crippen LogP contribution in [0.25, 0.3) is 0 Å². The molecule has 1 aliphatic carbocycles. The molecule has 0 radical (unpaired) electrons. The van der Waals surface area contributed by atoms with E-state index in [9.17, 15) is 18.0 Å². The van der Waals surface area contributed by atoms with Crippen molar-refractivity contribution in [2.75, 3.05) is 0 Å². The van der Waals surface area contributed by atoms with Crippen LogP contribution in [0.4, 0.5) is 13.2 Å². The fourth-order valence-corrected chi connectivity index (χ4v) is 3.78. The first-order chi connectivity index (χ1) is 12.0. The Morgan fingerprint density at radius 1 is 1.23 bits per heavy atom. The predicted molar refractivity (Wildman–Crippen MR) is 98.3 cm³/mol. The van der Waals surface area contributed by atoms with Gasteiger partial charge in [-0.15, -0.1) is 6.58 Å². The van der Waals surface area contributed by atoms with E-state index in [1.54, 1.807) is 0 Å². The third-order valence-electron chi connectivity index (χ3n) is 4.62. The van der Waals surface area contributed by atoms with Crippen molar-refractivity contribution in [1.82, 2.24) is 0 Å². The molecule has 2 rings (SSSR count). The summed E-state index contributed by atoms with van der Waals surface area (Å²) in [5.41, 5.74) is -1.27. The van der Waals surface area contributed by atoms with Crippen LogP contribution in [-0.2, 0) is 22.6 Å². The second kappa shape index (κ2) is 7.95. The SMILES string of the molecule is C=CCc1c(F)c(F)c(COC(=O)[C@@H]2[C@@H](C=C(Cl)Cl)C2(C)C)c(Br)c1F. The highest BCUT2D eigenvalue weighted by Crippen LogP contribution is 2.60. The summed E-state index contributed by atoms with van der Waals surface area (Å²) in [6, 6.07) is 0. The third kappa shape index (κ3) is 3.97. The van der Waals surface area contributed by atoms with E-state index in [4.69, 9.17) is 27.9 Å². The number of ether oxygens (including phenoxy) is 1. The van der Waals surface area contributed by atoms with E-state index >= 15 is 0 Å².